The topological polar surface area (TPSA) is 90.9 Å². The van der Waals surface area contributed by atoms with Crippen LogP contribution < -0.4 is 10.6 Å². The maximum absolute atomic E-state index is 13.9. The number of hydrogen-bond donors (Lipinski definition) is 0. The smallest absolute Gasteiger partial charge is 0.349 e. The number of aryl methyl sites for hydroxylation is 1. The van der Waals surface area contributed by atoms with E-state index in [0.717, 1.165) is 5.56 Å². The first-order valence-electron chi connectivity index (χ1n) is 13.6. The molecule has 11 heteroatoms. The quantitative estimate of drug-likeness (QED) is 0.309. The number of aromatic nitrogens is 4. The molecule has 8 nitrogen and oxygen atoms in total. The van der Waals surface area contributed by atoms with Crippen LogP contribution >= 0.6 is 0 Å². The first-order chi connectivity index (χ1) is 19.7. The first-order valence-corrected chi connectivity index (χ1v) is 13.6. The largest absolute Gasteiger partial charge is 0.349 e. The van der Waals surface area contributed by atoms with E-state index in [4.69, 9.17) is 0 Å². The number of hydrogen-bond acceptors (Lipinski definition) is 7. The van der Waals surface area contributed by atoms with Crippen molar-refractivity contribution in [2.45, 2.75) is 51.2 Å². The van der Waals surface area contributed by atoms with Crippen molar-refractivity contribution in [3.63, 3.8) is 0 Å². The van der Waals surface area contributed by atoms with Crippen molar-refractivity contribution in [1.82, 2.24) is 24.4 Å². The lowest BCUT2D eigenvalue weighted by Crippen LogP contribution is -2.59. The van der Waals surface area contributed by atoms with Crippen molar-refractivity contribution in [3.05, 3.63) is 93.5 Å². The van der Waals surface area contributed by atoms with E-state index in [9.17, 15) is 23.2 Å². The second kappa shape index (κ2) is 11.7. The molecule has 5 rings (SSSR count). The Labute approximate surface area is 235 Å². The molecule has 1 fully saturated rings. The van der Waals surface area contributed by atoms with E-state index in [1.165, 1.54) is 22.8 Å². The molecule has 2 unspecified atom stereocenters. The molecule has 1 aliphatic heterocycles. The molecule has 0 spiro atoms. The third-order valence-electron chi connectivity index (χ3n) is 7.82. The van der Waals surface area contributed by atoms with Gasteiger partial charge >= 0.3 is 5.69 Å². The summed E-state index contributed by atoms with van der Waals surface area (Å²) in [6.07, 6.45) is -1.35. The molecule has 0 saturated carbocycles. The number of halogens is 3. The molecule has 1 aliphatic rings. The number of anilines is 1. The van der Waals surface area contributed by atoms with E-state index in [-0.39, 0.29) is 23.5 Å². The van der Waals surface area contributed by atoms with Gasteiger partial charge in [0.05, 0.1) is 17.3 Å². The summed E-state index contributed by atoms with van der Waals surface area (Å²) in [5.74, 6) is 0.0271. The third kappa shape index (κ3) is 5.39. The second-order valence-electron chi connectivity index (χ2n) is 10.2. The van der Waals surface area contributed by atoms with Crippen LogP contribution in [0.4, 0.5) is 19.0 Å². The summed E-state index contributed by atoms with van der Waals surface area (Å²) >= 11 is 0. The zero-order valence-corrected chi connectivity index (χ0v) is 23.0. The molecule has 212 valence electrons. The standard InChI is InChI=1S/C30H30F3N7O/c1-4-21-17-40(29-26-25(38(3)30(41)37-29)14-13-20(15-34)35-26)22(5-2)16-39(21)27(18-9-11-19(31)12-10-18)23-7-6-8-24(36-23)28(32)33/h6-14,21-22,27-28H,4-5,16-17H2,1-3H3/t21-,22?,27?/m1/s1. The molecule has 1 aromatic carbocycles. The average molecular weight is 562 g/mol. The molecule has 3 aromatic heterocycles. The van der Waals surface area contributed by atoms with Gasteiger partial charge in [0, 0.05) is 32.2 Å². The Balaban J connectivity index is 1.62. The summed E-state index contributed by atoms with van der Waals surface area (Å²) in [6.45, 7) is 5.03. The lowest BCUT2D eigenvalue weighted by atomic mass is 9.94. The summed E-state index contributed by atoms with van der Waals surface area (Å²) in [7, 11) is 1.62. The molecule has 3 atom stereocenters. The van der Waals surface area contributed by atoms with Crippen molar-refractivity contribution < 1.29 is 13.2 Å². The molecule has 4 aromatic rings. The van der Waals surface area contributed by atoms with Gasteiger partial charge < -0.3 is 4.90 Å². The zero-order valence-electron chi connectivity index (χ0n) is 23.0. The van der Waals surface area contributed by atoms with Gasteiger partial charge in [-0.3, -0.25) is 9.47 Å². The highest BCUT2D eigenvalue weighted by molar-refractivity contribution is 5.86. The third-order valence-corrected chi connectivity index (χ3v) is 7.82. The molecular formula is C30H30F3N7O. The van der Waals surface area contributed by atoms with Gasteiger partial charge in [-0.25, -0.2) is 27.9 Å². The lowest BCUT2D eigenvalue weighted by Gasteiger charge is -2.49. The fourth-order valence-electron chi connectivity index (χ4n) is 5.65. The number of fused-ring (bicyclic) bond motifs is 1. The van der Waals surface area contributed by atoms with Crippen LogP contribution in [0.3, 0.4) is 0 Å². The van der Waals surface area contributed by atoms with Crippen LogP contribution in [0.25, 0.3) is 11.0 Å². The van der Waals surface area contributed by atoms with Crippen molar-refractivity contribution >= 4 is 16.9 Å². The van der Waals surface area contributed by atoms with Crippen LogP contribution in [-0.4, -0.2) is 49.6 Å². The Bertz CT molecular complexity index is 1650. The van der Waals surface area contributed by atoms with Crippen LogP contribution in [0.15, 0.2) is 59.4 Å². The molecule has 41 heavy (non-hydrogen) atoms. The van der Waals surface area contributed by atoms with E-state index in [1.54, 1.807) is 43.4 Å². The van der Waals surface area contributed by atoms with Crippen molar-refractivity contribution in [2.75, 3.05) is 18.0 Å². The molecule has 0 amide bonds. The van der Waals surface area contributed by atoms with Gasteiger partial charge in [0.1, 0.15) is 28.8 Å². The minimum Gasteiger partial charge on any atom is -0.349 e. The van der Waals surface area contributed by atoms with Crippen LogP contribution in [0.2, 0.25) is 0 Å². The Kier molecular flexibility index (Phi) is 8.03. The molecule has 4 heterocycles. The zero-order chi connectivity index (χ0) is 29.3. The van der Waals surface area contributed by atoms with Gasteiger partial charge in [-0.15, -0.1) is 0 Å². The number of benzene rings is 1. The van der Waals surface area contributed by atoms with Gasteiger partial charge in [0.25, 0.3) is 6.43 Å². The highest BCUT2D eigenvalue weighted by Crippen LogP contribution is 2.37. The van der Waals surface area contributed by atoms with E-state index >= 15 is 0 Å². The van der Waals surface area contributed by atoms with Gasteiger partial charge in [-0.05, 0) is 54.8 Å². The minimum atomic E-state index is -2.73. The van der Waals surface area contributed by atoms with Gasteiger partial charge in [0.2, 0.25) is 0 Å². The molecule has 0 N–H and O–H groups in total. The van der Waals surface area contributed by atoms with Crippen LogP contribution in [0.5, 0.6) is 0 Å². The first kappa shape index (κ1) is 28.2. The van der Waals surface area contributed by atoms with Gasteiger partial charge in [0.15, 0.2) is 5.82 Å². The maximum Gasteiger partial charge on any atom is 0.349 e. The second-order valence-corrected chi connectivity index (χ2v) is 10.2. The predicted octanol–water partition coefficient (Wildman–Crippen LogP) is 5.14. The molecular weight excluding hydrogens is 531 g/mol. The van der Waals surface area contributed by atoms with Crippen molar-refractivity contribution in [3.8, 4) is 6.07 Å². The summed E-state index contributed by atoms with van der Waals surface area (Å²) in [4.78, 5) is 30.4. The lowest BCUT2D eigenvalue weighted by molar-refractivity contribution is 0.107. The Morgan fingerprint density at radius 3 is 2.32 bits per heavy atom. The predicted molar refractivity (Wildman–Crippen MR) is 149 cm³/mol. The number of pyridine rings is 2. The van der Waals surface area contributed by atoms with E-state index in [0.29, 0.717) is 48.5 Å². The monoisotopic (exact) mass is 561 g/mol. The fraction of sp³-hybridized carbons (Fsp3) is 0.367. The minimum absolute atomic E-state index is 0.107. The van der Waals surface area contributed by atoms with Crippen LogP contribution in [0, 0.1) is 17.1 Å². The molecule has 1 saturated heterocycles. The number of piperazine rings is 1. The van der Waals surface area contributed by atoms with Gasteiger partial charge in [-0.2, -0.15) is 10.2 Å². The summed E-state index contributed by atoms with van der Waals surface area (Å²) in [5, 5.41) is 9.49. The SMILES string of the molecule is CCC1CN(C(c2ccc(F)cc2)c2cccc(C(F)F)n2)[C@H](CC)CN1c1nc(=O)n(C)c2ccc(C#N)nc12. The normalized spacial score (nSPS) is 18.5. The highest BCUT2D eigenvalue weighted by atomic mass is 19.3. The number of alkyl halides is 2. The van der Waals surface area contributed by atoms with Crippen LogP contribution in [0.1, 0.15) is 61.8 Å². The molecule has 0 radical (unpaired) electrons. The van der Waals surface area contributed by atoms with E-state index in [2.05, 4.69) is 30.8 Å². The highest BCUT2D eigenvalue weighted by Gasteiger charge is 2.39. The molecule has 0 bridgehead atoms. The average Bonchev–Trinajstić information content (AvgIpc) is 2.99. The van der Waals surface area contributed by atoms with Gasteiger partial charge in [-0.1, -0.05) is 32.0 Å². The van der Waals surface area contributed by atoms with Crippen LogP contribution in [-0.2, 0) is 7.05 Å². The van der Waals surface area contributed by atoms with E-state index < -0.39 is 24.0 Å². The summed E-state index contributed by atoms with van der Waals surface area (Å²) in [6, 6.07) is 15.3. The number of rotatable bonds is 7. The molecule has 0 aliphatic carbocycles. The Hall–Kier alpha value is -4.30. The van der Waals surface area contributed by atoms with Crippen molar-refractivity contribution in [2.24, 2.45) is 7.05 Å². The fourth-order valence-corrected chi connectivity index (χ4v) is 5.65. The summed E-state index contributed by atoms with van der Waals surface area (Å²) < 4.78 is 42.6. The number of nitrogens with zero attached hydrogens (tertiary/aromatic N) is 7. The summed E-state index contributed by atoms with van der Waals surface area (Å²) in [5.41, 5.74) is 1.71. The number of nitriles is 1. The van der Waals surface area contributed by atoms with E-state index in [1.807, 2.05) is 13.8 Å². The Morgan fingerprint density at radius 1 is 0.951 bits per heavy atom. The Morgan fingerprint density at radius 2 is 1.66 bits per heavy atom. The maximum atomic E-state index is 13.9. The van der Waals surface area contributed by atoms with Crippen molar-refractivity contribution in [1.29, 1.82) is 5.26 Å².